The Morgan fingerprint density at radius 1 is 1.39 bits per heavy atom. The van der Waals surface area contributed by atoms with Crippen molar-refractivity contribution in [2.45, 2.75) is 31.4 Å². The van der Waals surface area contributed by atoms with Gasteiger partial charge in [-0.25, -0.2) is 9.18 Å². The summed E-state index contributed by atoms with van der Waals surface area (Å²) >= 11 is 0. The van der Waals surface area contributed by atoms with E-state index in [2.05, 4.69) is 0 Å². The molecule has 0 aromatic heterocycles. The van der Waals surface area contributed by atoms with Crippen LogP contribution in [0.1, 0.15) is 19.3 Å². The quantitative estimate of drug-likeness (QED) is 0.772. The number of amides is 1. The molecular formula is C16H20FNO5. The van der Waals surface area contributed by atoms with Gasteiger partial charge in [0.15, 0.2) is 11.6 Å². The number of rotatable bonds is 7. The largest absolute Gasteiger partial charge is 0.491 e. The van der Waals surface area contributed by atoms with Crippen molar-refractivity contribution in [1.82, 2.24) is 4.90 Å². The first-order chi connectivity index (χ1) is 11.0. The molecule has 0 aliphatic carbocycles. The molecule has 7 heteroatoms. The fourth-order valence-electron chi connectivity index (χ4n) is 2.59. The second kappa shape index (κ2) is 7.92. The van der Waals surface area contributed by atoms with Gasteiger partial charge in [0.1, 0.15) is 6.04 Å². The summed E-state index contributed by atoms with van der Waals surface area (Å²) in [7, 11) is 1.50. The van der Waals surface area contributed by atoms with Gasteiger partial charge >= 0.3 is 5.97 Å². The number of carboxylic acids is 1. The molecule has 1 saturated heterocycles. The van der Waals surface area contributed by atoms with Crippen molar-refractivity contribution >= 4 is 11.9 Å². The van der Waals surface area contributed by atoms with Gasteiger partial charge < -0.3 is 19.5 Å². The van der Waals surface area contributed by atoms with E-state index in [9.17, 15) is 19.1 Å². The lowest BCUT2D eigenvalue weighted by Gasteiger charge is -2.21. The van der Waals surface area contributed by atoms with Crippen LogP contribution in [0, 0.1) is 5.82 Å². The maximum atomic E-state index is 13.4. The maximum absolute atomic E-state index is 13.4. The summed E-state index contributed by atoms with van der Waals surface area (Å²) in [5.41, 5.74) is 0. The average molecular weight is 325 g/mol. The molecule has 0 spiro atoms. The van der Waals surface area contributed by atoms with Crippen LogP contribution >= 0.6 is 0 Å². The number of carbonyl (C=O) groups excluding carboxylic acids is 1. The van der Waals surface area contributed by atoms with Crippen LogP contribution < -0.4 is 4.74 Å². The number of ether oxygens (including phenoxy) is 2. The molecule has 1 aliphatic rings. The van der Waals surface area contributed by atoms with Crippen molar-refractivity contribution in [3.8, 4) is 5.75 Å². The highest BCUT2D eigenvalue weighted by atomic mass is 19.1. The second-order valence-electron chi connectivity index (χ2n) is 5.38. The van der Waals surface area contributed by atoms with Crippen LogP contribution in [0.5, 0.6) is 5.75 Å². The van der Waals surface area contributed by atoms with Crippen molar-refractivity contribution < 1.29 is 28.6 Å². The van der Waals surface area contributed by atoms with Crippen molar-refractivity contribution in [2.75, 3.05) is 20.3 Å². The number of carboxylic acid groups (broad SMARTS) is 1. The Morgan fingerprint density at radius 3 is 2.78 bits per heavy atom. The molecular weight excluding hydrogens is 305 g/mol. The van der Waals surface area contributed by atoms with Crippen molar-refractivity contribution in [2.24, 2.45) is 0 Å². The number of halogens is 1. The maximum Gasteiger partial charge on any atom is 0.326 e. The van der Waals surface area contributed by atoms with E-state index in [1.807, 2.05) is 0 Å². The second-order valence-corrected chi connectivity index (χ2v) is 5.38. The highest BCUT2D eigenvalue weighted by Gasteiger charge is 2.39. The summed E-state index contributed by atoms with van der Waals surface area (Å²) in [6, 6.07) is 5.20. The number of carbonyl (C=O) groups is 2. The number of nitrogens with zero attached hydrogens (tertiary/aromatic N) is 1. The average Bonchev–Trinajstić information content (AvgIpc) is 2.97. The number of likely N-dealkylation sites (tertiary alicyclic amines) is 1. The first-order valence-electron chi connectivity index (χ1n) is 7.45. The lowest BCUT2D eigenvalue weighted by molar-refractivity contribution is -0.148. The molecule has 1 aliphatic heterocycles. The standard InChI is InChI=1S/C16H20FNO5/c1-22-11-9-13(16(20)21)18(10-11)15(19)7-4-8-23-14-6-3-2-5-12(14)17/h2-3,5-6,11,13H,4,7-10H2,1H3,(H,20,21). The summed E-state index contributed by atoms with van der Waals surface area (Å²) in [4.78, 5) is 24.7. The molecule has 2 unspecified atom stereocenters. The Hall–Kier alpha value is -2.15. The monoisotopic (exact) mass is 325 g/mol. The number of hydrogen-bond acceptors (Lipinski definition) is 4. The summed E-state index contributed by atoms with van der Waals surface area (Å²) in [5, 5.41) is 9.18. The van der Waals surface area contributed by atoms with Gasteiger partial charge in [0.05, 0.1) is 12.7 Å². The van der Waals surface area contributed by atoms with Crippen LogP contribution in [0.2, 0.25) is 0 Å². The van der Waals surface area contributed by atoms with E-state index < -0.39 is 17.8 Å². The molecule has 0 radical (unpaired) electrons. The van der Waals surface area contributed by atoms with E-state index in [0.717, 1.165) is 0 Å². The normalized spacial score (nSPS) is 20.5. The Bertz CT molecular complexity index is 565. The number of methoxy groups -OCH3 is 1. The topological polar surface area (TPSA) is 76.1 Å². The zero-order chi connectivity index (χ0) is 16.8. The van der Waals surface area contributed by atoms with Crippen LogP contribution in [-0.2, 0) is 14.3 Å². The van der Waals surface area contributed by atoms with Crippen LogP contribution in [0.3, 0.4) is 0 Å². The third kappa shape index (κ3) is 4.41. The first kappa shape index (κ1) is 17.2. The lowest BCUT2D eigenvalue weighted by Crippen LogP contribution is -2.40. The third-order valence-electron chi connectivity index (χ3n) is 3.83. The Kier molecular flexibility index (Phi) is 5.92. The highest BCUT2D eigenvalue weighted by Crippen LogP contribution is 2.22. The molecule has 2 rings (SSSR count). The van der Waals surface area contributed by atoms with Crippen LogP contribution in [0.25, 0.3) is 0 Å². The smallest absolute Gasteiger partial charge is 0.326 e. The fourth-order valence-corrected chi connectivity index (χ4v) is 2.59. The van der Waals surface area contributed by atoms with Crippen molar-refractivity contribution in [1.29, 1.82) is 0 Å². The van der Waals surface area contributed by atoms with E-state index >= 15 is 0 Å². The summed E-state index contributed by atoms with van der Waals surface area (Å²) in [6.07, 6.45) is 0.570. The fraction of sp³-hybridized carbons (Fsp3) is 0.500. The van der Waals surface area contributed by atoms with E-state index in [0.29, 0.717) is 12.8 Å². The van der Waals surface area contributed by atoms with Crippen LogP contribution in [-0.4, -0.2) is 54.3 Å². The minimum Gasteiger partial charge on any atom is -0.491 e. The van der Waals surface area contributed by atoms with Crippen LogP contribution in [0.4, 0.5) is 4.39 Å². The molecule has 1 aromatic carbocycles. The molecule has 126 valence electrons. The Morgan fingerprint density at radius 2 is 2.13 bits per heavy atom. The van der Waals surface area contributed by atoms with Crippen LogP contribution in [0.15, 0.2) is 24.3 Å². The molecule has 0 saturated carbocycles. The zero-order valence-corrected chi connectivity index (χ0v) is 12.9. The van der Waals surface area contributed by atoms with Gasteiger partial charge in [-0.2, -0.15) is 0 Å². The minimum atomic E-state index is -1.03. The molecule has 2 atom stereocenters. The summed E-state index contributed by atoms with van der Waals surface area (Å²) in [6.45, 7) is 0.465. The molecule has 6 nitrogen and oxygen atoms in total. The number of benzene rings is 1. The summed E-state index contributed by atoms with van der Waals surface area (Å²) < 4.78 is 23.8. The summed E-state index contributed by atoms with van der Waals surface area (Å²) in [5.74, 6) is -1.59. The Labute approximate surface area is 133 Å². The number of aliphatic carboxylic acids is 1. The van der Waals surface area contributed by atoms with E-state index in [4.69, 9.17) is 9.47 Å². The van der Waals surface area contributed by atoms with E-state index in [1.54, 1.807) is 12.1 Å². The predicted octanol–water partition coefficient (Wildman–Crippen LogP) is 1.69. The van der Waals surface area contributed by atoms with Gasteiger partial charge in [0.2, 0.25) is 5.91 Å². The molecule has 1 fully saturated rings. The molecule has 1 aromatic rings. The Balaban J connectivity index is 1.80. The zero-order valence-electron chi connectivity index (χ0n) is 12.9. The third-order valence-corrected chi connectivity index (χ3v) is 3.83. The van der Waals surface area contributed by atoms with Gasteiger partial charge in [0.25, 0.3) is 0 Å². The number of para-hydroxylation sites is 1. The molecule has 23 heavy (non-hydrogen) atoms. The predicted molar refractivity (Wildman–Crippen MR) is 79.7 cm³/mol. The van der Waals surface area contributed by atoms with Gasteiger partial charge in [-0.3, -0.25) is 4.79 Å². The molecule has 1 amide bonds. The van der Waals surface area contributed by atoms with Gasteiger partial charge in [-0.15, -0.1) is 0 Å². The minimum absolute atomic E-state index is 0.143. The molecule has 1 heterocycles. The molecule has 0 bridgehead atoms. The van der Waals surface area contributed by atoms with Gasteiger partial charge in [-0.1, -0.05) is 12.1 Å². The SMILES string of the molecule is COC1CC(C(=O)O)N(C(=O)CCCOc2ccccc2F)C1. The van der Waals surface area contributed by atoms with E-state index in [1.165, 1.54) is 24.1 Å². The lowest BCUT2D eigenvalue weighted by atomic mass is 10.2. The van der Waals surface area contributed by atoms with Gasteiger partial charge in [0, 0.05) is 26.5 Å². The van der Waals surface area contributed by atoms with Crippen molar-refractivity contribution in [3.05, 3.63) is 30.1 Å². The van der Waals surface area contributed by atoms with E-state index in [-0.39, 0.29) is 37.3 Å². The molecule has 1 N–H and O–H groups in total. The first-order valence-corrected chi connectivity index (χ1v) is 7.45. The number of hydrogen-bond donors (Lipinski definition) is 1. The highest BCUT2D eigenvalue weighted by molar-refractivity contribution is 5.84. The van der Waals surface area contributed by atoms with Crippen molar-refractivity contribution in [3.63, 3.8) is 0 Å². The van der Waals surface area contributed by atoms with Gasteiger partial charge in [-0.05, 0) is 18.6 Å².